The van der Waals surface area contributed by atoms with E-state index in [1.165, 1.54) is 7.11 Å². The molecule has 0 bridgehead atoms. The number of nitrogens with two attached hydrogens (primary N) is 1. The van der Waals surface area contributed by atoms with Crippen LogP contribution in [0.15, 0.2) is 12.1 Å². The number of hydrogen-bond donors (Lipinski definition) is 1. The summed E-state index contributed by atoms with van der Waals surface area (Å²) < 4.78 is 5.01. The zero-order chi connectivity index (χ0) is 10.7. The quantitative estimate of drug-likeness (QED) is 0.779. The number of benzene rings is 1. The molecule has 0 unspecified atom stereocenters. The van der Waals surface area contributed by atoms with Crippen LogP contribution in [0.1, 0.15) is 15.9 Å². The van der Waals surface area contributed by atoms with Crippen molar-refractivity contribution in [3.8, 4) is 5.75 Å². The molecule has 14 heavy (non-hydrogen) atoms. The topological polar surface area (TPSA) is 52.3 Å². The van der Waals surface area contributed by atoms with Gasteiger partial charge >= 0.3 is 0 Å². The minimum atomic E-state index is -0.113. The van der Waals surface area contributed by atoms with Crippen molar-refractivity contribution in [2.75, 3.05) is 13.7 Å². The summed E-state index contributed by atoms with van der Waals surface area (Å²) in [6.07, 6.45) is 0. The molecule has 0 aliphatic rings. The van der Waals surface area contributed by atoms with E-state index < -0.39 is 0 Å². The van der Waals surface area contributed by atoms with E-state index in [0.29, 0.717) is 16.3 Å². The summed E-state index contributed by atoms with van der Waals surface area (Å²) in [6, 6.07) is 3.32. The Morgan fingerprint density at radius 3 is 2.71 bits per heavy atom. The number of hydrogen-bond acceptors (Lipinski definition) is 3. The van der Waals surface area contributed by atoms with Gasteiger partial charge in [0.25, 0.3) is 0 Å². The lowest BCUT2D eigenvalue weighted by molar-refractivity contribution is 0.100. The van der Waals surface area contributed by atoms with Gasteiger partial charge in [-0.05, 0) is 24.6 Å². The van der Waals surface area contributed by atoms with Crippen LogP contribution in [-0.4, -0.2) is 19.4 Å². The zero-order valence-electron chi connectivity index (χ0n) is 8.13. The van der Waals surface area contributed by atoms with Crippen LogP contribution in [0.2, 0.25) is 5.02 Å². The molecule has 1 rings (SSSR count). The molecule has 0 heterocycles. The summed E-state index contributed by atoms with van der Waals surface area (Å²) in [5, 5.41) is 0.499. The molecule has 3 nitrogen and oxygen atoms in total. The molecule has 0 atom stereocenters. The molecule has 76 valence electrons. The second-order valence-corrected chi connectivity index (χ2v) is 3.34. The van der Waals surface area contributed by atoms with Crippen molar-refractivity contribution in [3.05, 3.63) is 28.3 Å². The highest BCUT2D eigenvalue weighted by atomic mass is 35.5. The predicted octanol–water partition coefficient (Wildman–Crippen LogP) is 1.80. The molecule has 1 aromatic carbocycles. The number of ketones is 1. The first-order valence-electron chi connectivity index (χ1n) is 4.17. The zero-order valence-corrected chi connectivity index (χ0v) is 8.89. The van der Waals surface area contributed by atoms with Gasteiger partial charge in [-0.1, -0.05) is 11.6 Å². The summed E-state index contributed by atoms with van der Waals surface area (Å²) in [7, 11) is 1.51. The summed E-state index contributed by atoms with van der Waals surface area (Å²) in [4.78, 5) is 11.4. The molecule has 0 amide bonds. The van der Waals surface area contributed by atoms with Gasteiger partial charge in [-0.15, -0.1) is 0 Å². The smallest absolute Gasteiger partial charge is 0.176 e. The van der Waals surface area contributed by atoms with Gasteiger partial charge < -0.3 is 10.5 Å². The Morgan fingerprint density at radius 1 is 1.57 bits per heavy atom. The van der Waals surface area contributed by atoms with Gasteiger partial charge in [0.2, 0.25) is 0 Å². The minimum Gasteiger partial charge on any atom is -0.495 e. The first-order chi connectivity index (χ1) is 6.60. The second kappa shape index (κ2) is 4.44. The Hall–Kier alpha value is -1.06. The Morgan fingerprint density at radius 2 is 2.21 bits per heavy atom. The fourth-order valence-electron chi connectivity index (χ4n) is 1.22. The third-order valence-corrected chi connectivity index (χ3v) is 2.28. The van der Waals surface area contributed by atoms with Gasteiger partial charge in [0, 0.05) is 5.56 Å². The molecular formula is C10H12ClNO2. The van der Waals surface area contributed by atoms with E-state index in [4.69, 9.17) is 22.1 Å². The molecule has 0 saturated carbocycles. The Kier molecular flexibility index (Phi) is 3.49. The molecule has 0 fully saturated rings. The normalized spacial score (nSPS) is 10.0. The fourth-order valence-corrected chi connectivity index (χ4v) is 1.51. The van der Waals surface area contributed by atoms with E-state index in [1.54, 1.807) is 12.1 Å². The van der Waals surface area contributed by atoms with E-state index in [2.05, 4.69) is 0 Å². The number of ether oxygens (including phenoxy) is 1. The monoisotopic (exact) mass is 213 g/mol. The van der Waals surface area contributed by atoms with E-state index in [9.17, 15) is 4.79 Å². The van der Waals surface area contributed by atoms with Crippen molar-refractivity contribution < 1.29 is 9.53 Å². The van der Waals surface area contributed by atoms with Crippen LogP contribution in [0.25, 0.3) is 0 Å². The maximum absolute atomic E-state index is 11.4. The van der Waals surface area contributed by atoms with Crippen molar-refractivity contribution in [2.45, 2.75) is 6.92 Å². The fraction of sp³-hybridized carbons (Fsp3) is 0.300. The number of Topliss-reactive ketones (excluding diaryl/α,β-unsaturated/α-hetero) is 1. The van der Waals surface area contributed by atoms with Gasteiger partial charge in [0.05, 0.1) is 18.7 Å². The maximum Gasteiger partial charge on any atom is 0.176 e. The Labute approximate surface area is 87.8 Å². The number of aryl methyl sites for hydroxylation is 1. The molecule has 4 heteroatoms. The lowest BCUT2D eigenvalue weighted by atomic mass is 10.0. The summed E-state index contributed by atoms with van der Waals surface area (Å²) in [5.74, 6) is 0.381. The van der Waals surface area contributed by atoms with E-state index >= 15 is 0 Å². The number of halogens is 1. The van der Waals surface area contributed by atoms with Crippen molar-refractivity contribution in [1.29, 1.82) is 0 Å². The van der Waals surface area contributed by atoms with Gasteiger partial charge in [0.1, 0.15) is 5.75 Å². The maximum atomic E-state index is 11.4. The highest BCUT2D eigenvalue weighted by molar-refractivity contribution is 6.32. The molecule has 0 aliphatic heterocycles. The van der Waals surface area contributed by atoms with Crippen molar-refractivity contribution in [3.63, 3.8) is 0 Å². The Balaban J connectivity index is 3.24. The molecule has 0 saturated heterocycles. The van der Waals surface area contributed by atoms with E-state index in [1.807, 2.05) is 6.92 Å². The van der Waals surface area contributed by atoms with Crippen LogP contribution in [-0.2, 0) is 0 Å². The molecule has 1 aromatic rings. The standard InChI is InChI=1S/C10H12ClNO2/c1-6-3-8(11)10(14-2)4-7(6)9(13)5-12/h3-4H,5,12H2,1-2H3. The SMILES string of the molecule is COc1cc(C(=O)CN)c(C)cc1Cl. The average molecular weight is 214 g/mol. The van der Waals surface area contributed by atoms with Crippen molar-refractivity contribution in [2.24, 2.45) is 5.73 Å². The molecule has 0 aliphatic carbocycles. The van der Waals surface area contributed by atoms with Crippen LogP contribution in [0, 0.1) is 6.92 Å². The van der Waals surface area contributed by atoms with E-state index in [0.717, 1.165) is 5.56 Å². The molecule has 0 radical (unpaired) electrons. The first-order valence-corrected chi connectivity index (χ1v) is 4.55. The summed E-state index contributed by atoms with van der Waals surface area (Å²) in [5.41, 5.74) is 6.65. The molecule has 0 spiro atoms. The van der Waals surface area contributed by atoms with Crippen LogP contribution >= 0.6 is 11.6 Å². The largest absolute Gasteiger partial charge is 0.495 e. The lowest BCUT2D eigenvalue weighted by Gasteiger charge is -2.08. The Bertz CT molecular complexity index is 363. The van der Waals surface area contributed by atoms with Crippen molar-refractivity contribution >= 4 is 17.4 Å². The van der Waals surface area contributed by atoms with Crippen LogP contribution in [0.4, 0.5) is 0 Å². The highest BCUT2D eigenvalue weighted by Crippen LogP contribution is 2.27. The third-order valence-electron chi connectivity index (χ3n) is 1.98. The number of carbonyl (C=O) groups excluding carboxylic acids is 1. The van der Waals surface area contributed by atoms with Gasteiger partial charge in [0.15, 0.2) is 5.78 Å². The molecule has 0 aromatic heterocycles. The molecular weight excluding hydrogens is 202 g/mol. The molecule has 2 N–H and O–H groups in total. The predicted molar refractivity (Wildman–Crippen MR) is 56.1 cm³/mol. The number of carbonyl (C=O) groups is 1. The van der Waals surface area contributed by atoms with Crippen LogP contribution in [0.5, 0.6) is 5.75 Å². The second-order valence-electron chi connectivity index (χ2n) is 2.93. The lowest BCUT2D eigenvalue weighted by Crippen LogP contribution is -2.14. The van der Waals surface area contributed by atoms with E-state index in [-0.39, 0.29) is 12.3 Å². The average Bonchev–Trinajstić information content (AvgIpc) is 2.17. The van der Waals surface area contributed by atoms with Gasteiger partial charge in [-0.3, -0.25) is 4.79 Å². The van der Waals surface area contributed by atoms with Gasteiger partial charge in [-0.25, -0.2) is 0 Å². The van der Waals surface area contributed by atoms with Crippen LogP contribution < -0.4 is 10.5 Å². The van der Waals surface area contributed by atoms with Crippen LogP contribution in [0.3, 0.4) is 0 Å². The van der Waals surface area contributed by atoms with Crippen molar-refractivity contribution in [1.82, 2.24) is 0 Å². The summed E-state index contributed by atoms with van der Waals surface area (Å²) >= 11 is 5.88. The number of methoxy groups -OCH3 is 1. The van der Waals surface area contributed by atoms with Gasteiger partial charge in [-0.2, -0.15) is 0 Å². The highest BCUT2D eigenvalue weighted by Gasteiger charge is 2.11. The minimum absolute atomic E-state index is 0.00831. The third kappa shape index (κ3) is 2.05. The number of rotatable bonds is 3. The summed E-state index contributed by atoms with van der Waals surface area (Å²) in [6.45, 7) is 1.81. The first kappa shape index (κ1) is 11.0.